The fraction of sp³-hybridized carbons (Fsp3) is 0.778. The van der Waals surface area contributed by atoms with Gasteiger partial charge in [-0.25, -0.2) is 9.78 Å². The van der Waals surface area contributed by atoms with Crippen LogP contribution in [0.5, 0.6) is 0 Å². The zero-order valence-corrected chi connectivity index (χ0v) is 14.4. The first kappa shape index (κ1) is 19.4. The number of unbranched alkanes of at least 4 members (excludes halogenated alkanes) is 2. The van der Waals surface area contributed by atoms with Crippen LogP contribution >= 0.6 is 0 Å². The van der Waals surface area contributed by atoms with Gasteiger partial charge in [0.25, 0.3) is 0 Å². The summed E-state index contributed by atoms with van der Waals surface area (Å²) in [5.41, 5.74) is 0.551. The van der Waals surface area contributed by atoms with Crippen LogP contribution in [0.15, 0.2) is 24.3 Å². The Morgan fingerprint density at radius 1 is 0.650 bits per heavy atom. The van der Waals surface area contributed by atoms with E-state index in [2.05, 4.69) is 65.8 Å². The minimum Gasteiger partial charge on any atom is -0.237 e. The van der Waals surface area contributed by atoms with E-state index >= 15 is 0 Å². The number of hydrogen-bond donors (Lipinski definition) is 0. The minimum atomic E-state index is 0.276. The summed E-state index contributed by atoms with van der Waals surface area (Å²) in [6.07, 6.45) is 13.1. The summed E-state index contributed by atoms with van der Waals surface area (Å²) in [6, 6.07) is 0. The lowest BCUT2D eigenvalue weighted by molar-refractivity contribution is -0.294. The van der Waals surface area contributed by atoms with Crippen molar-refractivity contribution in [2.24, 2.45) is 10.8 Å². The summed E-state index contributed by atoms with van der Waals surface area (Å²) in [7, 11) is 0. The van der Waals surface area contributed by atoms with Gasteiger partial charge in [0.05, 0.1) is 13.2 Å². The van der Waals surface area contributed by atoms with E-state index in [0.717, 1.165) is 25.7 Å². The maximum Gasteiger partial charge on any atom is 0.0825 e. The van der Waals surface area contributed by atoms with Crippen molar-refractivity contribution in [2.75, 3.05) is 13.2 Å². The molecule has 0 atom stereocenters. The Morgan fingerprint density at radius 3 is 1.30 bits per heavy atom. The normalized spacial score (nSPS) is 13.7. The molecule has 0 rings (SSSR count). The number of allylic oxidation sites excluding steroid dienone is 4. The summed E-state index contributed by atoms with van der Waals surface area (Å²) < 4.78 is 0. The smallest absolute Gasteiger partial charge is 0.0825 e. The molecule has 118 valence electrons. The lowest BCUT2D eigenvalue weighted by Gasteiger charge is -2.11. The highest BCUT2D eigenvalue weighted by Crippen LogP contribution is 2.15. The molecule has 0 aromatic carbocycles. The molecule has 0 aliphatic carbocycles. The molecule has 0 aliphatic heterocycles. The molecule has 2 heteroatoms. The Hall–Kier alpha value is -0.600. The minimum absolute atomic E-state index is 0.276. The average molecular weight is 282 g/mol. The summed E-state index contributed by atoms with van der Waals surface area (Å²) >= 11 is 0. The third-order valence-corrected chi connectivity index (χ3v) is 2.52. The van der Waals surface area contributed by atoms with Crippen molar-refractivity contribution in [2.45, 2.75) is 67.2 Å². The lowest BCUT2D eigenvalue weighted by atomic mass is 9.96. The molecule has 0 aromatic rings. The molecule has 0 radical (unpaired) electrons. The van der Waals surface area contributed by atoms with Gasteiger partial charge in [0.15, 0.2) is 0 Å². The third-order valence-electron chi connectivity index (χ3n) is 2.52. The van der Waals surface area contributed by atoms with Crippen molar-refractivity contribution in [1.29, 1.82) is 0 Å². The zero-order chi connectivity index (χ0) is 15.5. The zero-order valence-electron chi connectivity index (χ0n) is 14.4. The van der Waals surface area contributed by atoms with E-state index in [1.165, 1.54) is 0 Å². The van der Waals surface area contributed by atoms with E-state index in [-0.39, 0.29) is 10.8 Å². The van der Waals surface area contributed by atoms with E-state index in [9.17, 15) is 0 Å². The van der Waals surface area contributed by atoms with Crippen molar-refractivity contribution >= 4 is 0 Å². The first-order valence-corrected chi connectivity index (χ1v) is 7.80. The highest BCUT2D eigenvalue weighted by molar-refractivity contribution is 4.92. The van der Waals surface area contributed by atoms with E-state index < -0.39 is 0 Å². The maximum atomic E-state index is 5.16. The van der Waals surface area contributed by atoms with Crippen LogP contribution in [-0.4, -0.2) is 13.2 Å². The second kappa shape index (κ2) is 10.2. The van der Waals surface area contributed by atoms with Crippen LogP contribution < -0.4 is 0 Å². The predicted molar refractivity (Wildman–Crippen MR) is 87.6 cm³/mol. The second-order valence-electron chi connectivity index (χ2n) is 7.47. The highest BCUT2D eigenvalue weighted by atomic mass is 17.2. The van der Waals surface area contributed by atoms with E-state index in [0.29, 0.717) is 13.2 Å². The van der Waals surface area contributed by atoms with Gasteiger partial charge in [-0.3, -0.25) is 0 Å². The lowest BCUT2D eigenvalue weighted by Crippen LogP contribution is -2.00. The number of hydrogen-bond acceptors (Lipinski definition) is 2. The highest BCUT2D eigenvalue weighted by Gasteiger charge is 2.03. The molecular weight excluding hydrogens is 248 g/mol. The van der Waals surface area contributed by atoms with Crippen molar-refractivity contribution in [1.82, 2.24) is 0 Å². The van der Waals surface area contributed by atoms with Crippen LogP contribution in [0, 0.1) is 10.8 Å². The quantitative estimate of drug-likeness (QED) is 0.234. The molecule has 0 bridgehead atoms. The Bertz CT molecular complexity index is 247. The van der Waals surface area contributed by atoms with E-state index in [1.807, 2.05) is 0 Å². The third kappa shape index (κ3) is 17.4. The average Bonchev–Trinajstić information content (AvgIpc) is 2.27. The Balaban J connectivity index is 3.30. The molecule has 2 nitrogen and oxygen atoms in total. The Labute approximate surface area is 126 Å². The molecule has 0 spiro atoms. The van der Waals surface area contributed by atoms with Gasteiger partial charge < -0.3 is 0 Å². The summed E-state index contributed by atoms with van der Waals surface area (Å²) in [5, 5.41) is 0. The SMILES string of the molecule is CC(C)(C)C=CCCCOOCCCC=CC(C)(C)C. The van der Waals surface area contributed by atoms with Gasteiger partial charge in [-0.15, -0.1) is 0 Å². The first-order chi connectivity index (χ1) is 9.21. The summed E-state index contributed by atoms with van der Waals surface area (Å²) in [5.74, 6) is 0. The monoisotopic (exact) mass is 282 g/mol. The van der Waals surface area contributed by atoms with Crippen LogP contribution in [-0.2, 0) is 9.78 Å². The first-order valence-electron chi connectivity index (χ1n) is 7.80. The Kier molecular flexibility index (Phi) is 9.87. The maximum absolute atomic E-state index is 5.16. The van der Waals surface area contributed by atoms with Gasteiger partial charge in [0.2, 0.25) is 0 Å². The van der Waals surface area contributed by atoms with Crippen LogP contribution in [0.4, 0.5) is 0 Å². The van der Waals surface area contributed by atoms with Gasteiger partial charge in [0, 0.05) is 0 Å². The van der Waals surface area contributed by atoms with E-state index in [1.54, 1.807) is 0 Å². The van der Waals surface area contributed by atoms with Crippen molar-refractivity contribution in [3.05, 3.63) is 24.3 Å². The molecular formula is C18H34O2. The summed E-state index contributed by atoms with van der Waals surface area (Å²) in [6.45, 7) is 14.6. The van der Waals surface area contributed by atoms with Gasteiger partial charge in [-0.1, -0.05) is 65.8 Å². The van der Waals surface area contributed by atoms with Crippen LogP contribution in [0.3, 0.4) is 0 Å². The topological polar surface area (TPSA) is 18.5 Å². The molecule has 0 heterocycles. The molecule has 0 unspecified atom stereocenters. The van der Waals surface area contributed by atoms with Crippen molar-refractivity contribution < 1.29 is 9.78 Å². The second-order valence-corrected chi connectivity index (χ2v) is 7.47. The molecule has 0 aliphatic rings. The fourth-order valence-electron chi connectivity index (χ4n) is 1.51. The molecule has 0 fully saturated rings. The van der Waals surface area contributed by atoms with Crippen LogP contribution in [0.25, 0.3) is 0 Å². The van der Waals surface area contributed by atoms with Gasteiger partial charge in [0.1, 0.15) is 0 Å². The molecule has 0 aromatic heterocycles. The summed E-state index contributed by atoms with van der Waals surface area (Å²) in [4.78, 5) is 10.3. The van der Waals surface area contributed by atoms with Gasteiger partial charge in [-0.05, 0) is 36.5 Å². The van der Waals surface area contributed by atoms with Crippen LogP contribution in [0.1, 0.15) is 67.2 Å². The molecule has 0 amide bonds. The standard InChI is InChI=1S/C18H34O2/c1-17(2,3)13-9-7-11-15-19-20-16-12-8-10-14-18(4,5)6/h9-10,13-14H,7-8,11-12,15-16H2,1-6H3. The predicted octanol–water partition coefficient (Wildman–Crippen LogP) is 5.70. The van der Waals surface area contributed by atoms with Crippen molar-refractivity contribution in [3.8, 4) is 0 Å². The Morgan fingerprint density at radius 2 is 1.00 bits per heavy atom. The molecule has 0 saturated carbocycles. The molecule has 0 N–H and O–H groups in total. The van der Waals surface area contributed by atoms with Gasteiger partial charge >= 0.3 is 0 Å². The fourth-order valence-corrected chi connectivity index (χ4v) is 1.51. The van der Waals surface area contributed by atoms with E-state index in [4.69, 9.17) is 9.78 Å². The van der Waals surface area contributed by atoms with Gasteiger partial charge in [-0.2, -0.15) is 0 Å². The molecule has 20 heavy (non-hydrogen) atoms. The molecule has 0 saturated heterocycles. The largest absolute Gasteiger partial charge is 0.237 e. The number of rotatable bonds is 9. The van der Waals surface area contributed by atoms with Crippen LogP contribution in [0.2, 0.25) is 0 Å². The van der Waals surface area contributed by atoms with Crippen molar-refractivity contribution in [3.63, 3.8) is 0 Å².